The van der Waals surface area contributed by atoms with Crippen LogP contribution in [0.15, 0.2) is 199 Å². The Balaban J connectivity index is 1.06. The van der Waals surface area contributed by atoms with E-state index in [-0.39, 0.29) is 0 Å². The van der Waals surface area contributed by atoms with E-state index in [1.54, 1.807) is 0 Å². The van der Waals surface area contributed by atoms with Gasteiger partial charge in [0, 0.05) is 38.5 Å². The molecule has 262 valence electrons. The summed E-state index contributed by atoms with van der Waals surface area (Å²) in [4.78, 5) is 15.2. The molecule has 0 saturated carbocycles. The normalized spacial score (nSPS) is 11.6. The van der Waals surface area contributed by atoms with Crippen LogP contribution in [0.3, 0.4) is 0 Å². The standard InChI is InChI=1S/C51H32N4O/c1-4-12-33(13-5-1)35-20-24-37(25-21-35)49-52-50(38-26-22-36(23-27-38)34-14-6-2-7-15-34)54-51(53-49)39-28-29-41-42-30-31-45-47(48(42)56-46(41)32-39)43-18-10-11-19-44(43)55(45)40-16-8-3-9-17-40/h1-32H. The summed E-state index contributed by atoms with van der Waals surface area (Å²) in [6.45, 7) is 0. The molecule has 8 aromatic carbocycles. The van der Waals surface area contributed by atoms with E-state index in [0.29, 0.717) is 17.5 Å². The fourth-order valence-corrected chi connectivity index (χ4v) is 7.93. The first-order valence-electron chi connectivity index (χ1n) is 18.8. The summed E-state index contributed by atoms with van der Waals surface area (Å²) < 4.78 is 9.16. The summed E-state index contributed by atoms with van der Waals surface area (Å²) in [5.41, 5.74) is 12.3. The molecule has 0 amide bonds. The molecular weight excluding hydrogens is 685 g/mol. The molecule has 5 nitrogen and oxygen atoms in total. The van der Waals surface area contributed by atoms with Gasteiger partial charge < -0.3 is 8.98 Å². The predicted octanol–water partition coefficient (Wildman–Crippen LogP) is 13.2. The van der Waals surface area contributed by atoms with E-state index in [2.05, 4.69) is 180 Å². The maximum atomic E-state index is 6.84. The van der Waals surface area contributed by atoms with E-state index in [9.17, 15) is 0 Å². The Morgan fingerprint density at radius 2 is 0.804 bits per heavy atom. The van der Waals surface area contributed by atoms with Crippen molar-refractivity contribution in [3.05, 3.63) is 194 Å². The molecule has 56 heavy (non-hydrogen) atoms. The molecule has 0 bridgehead atoms. The monoisotopic (exact) mass is 716 g/mol. The van der Waals surface area contributed by atoms with Crippen molar-refractivity contribution in [2.75, 3.05) is 0 Å². The first-order valence-corrected chi connectivity index (χ1v) is 18.8. The molecule has 0 N–H and O–H groups in total. The zero-order valence-electron chi connectivity index (χ0n) is 30.2. The van der Waals surface area contributed by atoms with Crippen LogP contribution in [-0.4, -0.2) is 19.5 Å². The van der Waals surface area contributed by atoms with Crippen molar-refractivity contribution in [2.45, 2.75) is 0 Å². The summed E-state index contributed by atoms with van der Waals surface area (Å²) in [7, 11) is 0. The molecule has 0 aliphatic heterocycles. The fourth-order valence-electron chi connectivity index (χ4n) is 7.93. The number of hydrogen-bond acceptors (Lipinski definition) is 4. The Labute approximate surface area is 322 Å². The van der Waals surface area contributed by atoms with Gasteiger partial charge in [-0.25, -0.2) is 15.0 Å². The molecule has 3 aromatic heterocycles. The number of benzene rings is 8. The summed E-state index contributed by atoms with van der Waals surface area (Å²) in [5.74, 6) is 1.80. The number of hydrogen-bond donors (Lipinski definition) is 0. The Morgan fingerprint density at radius 1 is 0.339 bits per heavy atom. The van der Waals surface area contributed by atoms with Gasteiger partial charge in [-0.2, -0.15) is 0 Å². The average molecular weight is 717 g/mol. The third kappa shape index (κ3) is 5.37. The molecule has 0 atom stereocenters. The summed E-state index contributed by atoms with van der Waals surface area (Å²) in [6, 6.07) is 67.3. The summed E-state index contributed by atoms with van der Waals surface area (Å²) in [5, 5.41) is 4.37. The molecule has 11 rings (SSSR count). The number of para-hydroxylation sites is 2. The summed E-state index contributed by atoms with van der Waals surface area (Å²) >= 11 is 0. The van der Waals surface area contributed by atoms with Crippen LogP contribution in [0.25, 0.3) is 106 Å². The minimum Gasteiger partial charge on any atom is -0.455 e. The minimum atomic E-state index is 0.581. The molecule has 11 aromatic rings. The molecule has 5 heteroatoms. The number of fused-ring (bicyclic) bond motifs is 7. The van der Waals surface area contributed by atoms with Gasteiger partial charge in [0.25, 0.3) is 0 Å². The van der Waals surface area contributed by atoms with Crippen molar-refractivity contribution in [3.63, 3.8) is 0 Å². The van der Waals surface area contributed by atoms with Gasteiger partial charge in [-0.3, -0.25) is 0 Å². The first kappa shape index (κ1) is 31.9. The van der Waals surface area contributed by atoms with E-state index >= 15 is 0 Å². The van der Waals surface area contributed by atoms with E-state index in [1.165, 1.54) is 0 Å². The Bertz CT molecular complexity index is 3100. The highest BCUT2D eigenvalue weighted by molar-refractivity contribution is 6.24. The van der Waals surface area contributed by atoms with Crippen LogP contribution in [-0.2, 0) is 0 Å². The zero-order chi connectivity index (χ0) is 37.0. The highest BCUT2D eigenvalue weighted by atomic mass is 16.3. The van der Waals surface area contributed by atoms with Gasteiger partial charge in [0.2, 0.25) is 0 Å². The maximum absolute atomic E-state index is 6.84. The molecule has 0 radical (unpaired) electrons. The largest absolute Gasteiger partial charge is 0.455 e. The molecule has 3 heterocycles. The second kappa shape index (κ2) is 13.0. The Kier molecular flexibility index (Phi) is 7.42. The number of furan rings is 1. The van der Waals surface area contributed by atoms with Gasteiger partial charge in [0.1, 0.15) is 11.2 Å². The van der Waals surface area contributed by atoms with Crippen molar-refractivity contribution < 1.29 is 4.42 Å². The van der Waals surface area contributed by atoms with Gasteiger partial charge in [-0.05, 0) is 64.7 Å². The highest BCUT2D eigenvalue weighted by Gasteiger charge is 2.20. The molecule has 0 fully saturated rings. The first-order chi connectivity index (χ1) is 27.7. The lowest BCUT2D eigenvalue weighted by Gasteiger charge is -2.10. The molecule has 0 unspecified atom stereocenters. The van der Waals surface area contributed by atoms with Gasteiger partial charge in [-0.15, -0.1) is 0 Å². The van der Waals surface area contributed by atoms with Gasteiger partial charge in [-0.1, -0.05) is 152 Å². The van der Waals surface area contributed by atoms with Gasteiger partial charge in [0.15, 0.2) is 17.5 Å². The van der Waals surface area contributed by atoms with Crippen molar-refractivity contribution >= 4 is 43.7 Å². The lowest BCUT2D eigenvalue weighted by atomic mass is 10.0. The van der Waals surface area contributed by atoms with Crippen molar-refractivity contribution in [1.82, 2.24) is 19.5 Å². The zero-order valence-corrected chi connectivity index (χ0v) is 30.2. The van der Waals surface area contributed by atoms with Crippen molar-refractivity contribution in [3.8, 4) is 62.1 Å². The third-order valence-electron chi connectivity index (χ3n) is 10.7. The van der Waals surface area contributed by atoms with Crippen LogP contribution in [0, 0.1) is 0 Å². The Hall–Kier alpha value is -7.63. The number of rotatable bonds is 6. The van der Waals surface area contributed by atoms with Crippen molar-refractivity contribution in [2.24, 2.45) is 0 Å². The van der Waals surface area contributed by atoms with E-state index in [0.717, 1.165) is 88.4 Å². The second-order valence-corrected chi connectivity index (χ2v) is 14.0. The molecule has 0 aliphatic carbocycles. The van der Waals surface area contributed by atoms with E-state index in [1.807, 2.05) is 18.2 Å². The quantitative estimate of drug-likeness (QED) is 0.172. The van der Waals surface area contributed by atoms with Gasteiger partial charge >= 0.3 is 0 Å². The fraction of sp³-hybridized carbons (Fsp3) is 0. The minimum absolute atomic E-state index is 0.581. The van der Waals surface area contributed by atoms with Crippen LogP contribution in [0.2, 0.25) is 0 Å². The topological polar surface area (TPSA) is 56.7 Å². The number of nitrogens with zero attached hydrogens (tertiary/aromatic N) is 4. The summed E-state index contributed by atoms with van der Waals surface area (Å²) in [6.07, 6.45) is 0. The van der Waals surface area contributed by atoms with Crippen LogP contribution in [0.5, 0.6) is 0 Å². The smallest absolute Gasteiger partial charge is 0.164 e. The lowest BCUT2D eigenvalue weighted by molar-refractivity contribution is 0.673. The Morgan fingerprint density at radius 3 is 1.41 bits per heavy atom. The van der Waals surface area contributed by atoms with Crippen LogP contribution in [0.1, 0.15) is 0 Å². The predicted molar refractivity (Wildman–Crippen MR) is 229 cm³/mol. The molecule has 0 aliphatic rings. The maximum Gasteiger partial charge on any atom is 0.164 e. The van der Waals surface area contributed by atoms with Gasteiger partial charge in [0.05, 0.1) is 16.4 Å². The van der Waals surface area contributed by atoms with Crippen LogP contribution >= 0.6 is 0 Å². The number of aromatic nitrogens is 4. The SMILES string of the molecule is c1ccc(-c2ccc(-c3nc(-c4ccc(-c5ccccc5)cc4)nc(-c4ccc5c(c4)oc4c5ccc5c4c4ccccc4n5-c4ccccc4)n3)cc2)cc1. The van der Waals surface area contributed by atoms with Crippen LogP contribution in [0.4, 0.5) is 0 Å². The molecular formula is C51H32N4O. The molecule has 0 saturated heterocycles. The van der Waals surface area contributed by atoms with E-state index in [4.69, 9.17) is 19.4 Å². The van der Waals surface area contributed by atoms with E-state index < -0.39 is 0 Å². The van der Waals surface area contributed by atoms with Crippen molar-refractivity contribution in [1.29, 1.82) is 0 Å². The van der Waals surface area contributed by atoms with Crippen LogP contribution < -0.4 is 0 Å². The highest BCUT2D eigenvalue weighted by Crippen LogP contribution is 2.41. The molecule has 0 spiro atoms. The third-order valence-corrected chi connectivity index (χ3v) is 10.7. The second-order valence-electron chi connectivity index (χ2n) is 14.0. The average Bonchev–Trinajstić information content (AvgIpc) is 3.83. The lowest BCUT2D eigenvalue weighted by Crippen LogP contribution is -2.00.